The van der Waals surface area contributed by atoms with E-state index in [4.69, 9.17) is 0 Å². The number of likely N-dealkylation sites (N-methyl/N-ethyl adjacent to an activating group) is 1. The second-order valence-electron chi connectivity index (χ2n) is 2.96. The first-order valence-corrected chi connectivity index (χ1v) is 3.96. The van der Waals surface area contributed by atoms with E-state index >= 15 is 0 Å². The van der Waals surface area contributed by atoms with Gasteiger partial charge < -0.3 is 0 Å². The van der Waals surface area contributed by atoms with Crippen LogP contribution in [0.25, 0.3) is 0 Å². The third kappa shape index (κ3) is 1.82. The number of nitrogens with zero attached hydrogens (tertiary/aromatic N) is 2. The summed E-state index contributed by atoms with van der Waals surface area (Å²) in [4.78, 5) is 25.5. The Labute approximate surface area is 72.1 Å². The molecule has 1 heterocycles. The fraction of sp³-hybridized carbons (Fsp3) is 0.625. The average Bonchev–Trinajstić information content (AvgIpc) is 1.96. The van der Waals surface area contributed by atoms with Gasteiger partial charge >= 0.3 is 0 Å². The Kier molecular flexibility index (Phi) is 2.81. The molecular weight excluding hydrogens is 156 g/mol. The lowest BCUT2D eigenvalue weighted by Gasteiger charge is -2.29. The van der Waals surface area contributed by atoms with E-state index in [0.717, 1.165) is 0 Å². The summed E-state index contributed by atoms with van der Waals surface area (Å²) in [5, 5.41) is 0. The molecule has 0 aromatic heterocycles. The maximum absolute atomic E-state index is 11.2. The predicted octanol–water partition coefficient (Wildman–Crippen LogP) is -0.489. The Hall–Kier alpha value is -0.900. The molecule has 4 nitrogen and oxygen atoms in total. The van der Waals surface area contributed by atoms with Gasteiger partial charge in [0.2, 0.25) is 11.8 Å². The summed E-state index contributed by atoms with van der Waals surface area (Å²) in [6.45, 7) is 4.74. The first kappa shape index (κ1) is 9.19. The summed E-state index contributed by atoms with van der Waals surface area (Å²) < 4.78 is 0. The van der Waals surface area contributed by atoms with E-state index in [-0.39, 0.29) is 11.8 Å². The van der Waals surface area contributed by atoms with Crippen molar-refractivity contribution in [3.05, 3.63) is 6.92 Å². The summed E-state index contributed by atoms with van der Waals surface area (Å²) in [5.41, 5.74) is 0. The van der Waals surface area contributed by atoms with Gasteiger partial charge in [0, 0.05) is 6.54 Å². The molecule has 1 aliphatic rings. The topological polar surface area (TPSA) is 40.6 Å². The molecule has 67 valence electrons. The van der Waals surface area contributed by atoms with Gasteiger partial charge in [-0.3, -0.25) is 19.4 Å². The van der Waals surface area contributed by atoms with E-state index in [0.29, 0.717) is 26.1 Å². The first-order valence-electron chi connectivity index (χ1n) is 3.96. The largest absolute Gasteiger partial charge is 0.289 e. The second-order valence-corrected chi connectivity index (χ2v) is 2.96. The maximum atomic E-state index is 11.2. The number of amides is 2. The highest BCUT2D eigenvalue weighted by Gasteiger charge is 2.27. The minimum atomic E-state index is -0.114. The Morgan fingerprint density at radius 3 is 2.25 bits per heavy atom. The Bertz CT molecular complexity index is 185. The molecule has 0 N–H and O–H groups in total. The molecule has 0 bridgehead atoms. The standard InChI is InChI=1S/C8H13N2O2/c1-3-4-10-7(11)5-9(2)6-8(10)12/h1,3-6H2,2H3. The minimum Gasteiger partial charge on any atom is -0.289 e. The zero-order valence-corrected chi connectivity index (χ0v) is 7.25. The highest BCUT2D eigenvalue weighted by atomic mass is 16.2. The van der Waals surface area contributed by atoms with Crippen LogP contribution in [-0.2, 0) is 9.59 Å². The molecule has 0 aliphatic carbocycles. The lowest BCUT2D eigenvalue weighted by Crippen LogP contribution is -2.52. The number of hydrogen-bond acceptors (Lipinski definition) is 3. The van der Waals surface area contributed by atoms with E-state index in [1.165, 1.54) is 4.90 Å². The molecule has 2 amide bonds. The van der Waals surface area contributed by atoms with E-state index in [2.05, 4.69) is 6.92 Å². The zero-order chi connectivity index (χ0) is 9.14. The molecule has 1 rings (SSSR count). The van der Waals surface area contributed by atoms with E-state index in [9.17, 15) is 9.59 Å². The van der Waals surface area contributed by atoms with Crippen LogP contribution in [0, 0.1) is 6.92 Å². The molecule has 1 fully saturated rings. The lowest BCUT2D eigenvalue weighted by atomic mass is 10.3. The van der Waals surface area contributed by atoms with E-state index < -0.39 is 0 Å². The summed E-state index contributed by atoms with van der Waals surface area (Å²) in [7, 11) is 1.76. The monoisotopic (exact) mass is 169 g/mol. The molecule has 12 heavy (non-hydrogen) atoms. The Morgan fingerprint density at radius 1 is 1.33 bits per heavy atom. The molecule has 0 aromatic carbocycles. The van der Waals surface area contributed by atoms with E-state index in [1.807, 2.05) is 0 Å². The van der Waals surface area contributed by atoms with Gasteiger partial charge in [-0.1, -0.05) is 6.92 Å². The van der Waals surface area contributed by atoms with Crippen molar-refractivity contribution >= 4 is 11.8 Å². The highest BCUT2D eigenvalue weighted by molar-refractivity contribution is 5.99. The van der Waals surface area contributed by atoms with Gasteiger partial charge in [0.25, 0.3) is 0 Å². The fourth-order valence-electron chi connectivity index (χ4n) is 1.24. The molecule has 0 atom stereocenters. The van der Waals surface area contributed by atoms with Crippen LogP contribution >= 0.6 is 0 Å². The van der Waals surface area contributed by atoms with Gasteiger partial charge in [-0.05, 0) is 13.5 Å². The molecule has 0 aromatic rings. The van der Waals surface area contributed by atoms with Crippen molar-refractivity contribution in [2.45, 2.75) is 6.42 Å². The smallest absolute Gasteiger partial charge is 0.243 e. The van der Waals surface area contributed by atoms with Crippen molar-refractivity contribution in [3.63, 3.8) is 0 Å². The van der Waals surface area contributed by atoms with Gasteiger partial charge in [0.1, 0.15) is 0 Å². The van der Waals surface area contributed by atoms with Crippen molar-refractivity contribution in [1.82, 2.24) is 9.80 Å². The molecular formula is C8H13N2O2. The van der Waals surface area contributed by atoms with Crippen LogP contribution < -0.4 is 0 Å². The fourth-order valence-corrected chi connectivity index (χ4v) is 1.24. The Morgan fingerprint density at radius 2 is 1.83 bits per heavy atom. The van der Waals surface area contributed by atoms with Crippen LogP contribution in [-0.4, -0.2) is 48.3 Å². The van der Waals surface area contributed by atoms with E-state index in [1.54, 1.807) is 11.9 Å². The Balaban J connectivity index is 2.61. The van der Waals surface area contributed by atoms with Crippen molar-refractivity contribution < 1.29 is 9.59 Å². The molecule has 4 heteroatoms. The zero-order valence-electron chi connectivity index (χ0n) is 7.25. The SMILES string of the molecule is [CH2]CCN1C(=O)CN(C)CC1=O. The summed E-state index contributed by atoms with van der Waals surface area (Å²) in [6, 6.07) is 0. The minimum absolute atomic E-state index is 0.114. The van der Waals surface area contributed by atoms with Crippen LogP contribution in [0.1, 0.15) is 6.42 Å². The van der Waals surface area contributed by atoms with Gasteiger partial charge in [0.15, 0.2) is 0 Å². The normalized spacial score (nSPS) is 20.3. The van der Waals surface area contributed by atoms with Crippen molar-refractivity contribution in [2.75, 3.05) is 26.7 Å². The number of hydrogen-bond donors (Lipinski definition) is 0. The molecule has 0 unspecified atom stereocenters. The molecule has 1 aliphatic heterocycles. The predicted molar refractivity (Wildman–Crippen MR) is 44.2 cm³/mol. The third-order valence-corrected chi connectivity index (χ3v) is 1.79. The highest BCUT2D eigenvalue weighted by Crippen LogP contribution is 2.02. The van der Waals surface area contributed by atoms with Crippen molar-refractivity contribution in [1.29, 1.82) is 0 Å². The van der Waals surface area contributed by atoms with Gasteiger partial charge in [-0.15, -0.1) is 0 Å². The summed E-state index contributed by atoms with van der Waals surface area (Å²) >= 11 is 0. The first-order chi connectivity index (χ1) is 5.65. The number of imide groups is 1. The molecule has 1 saturated heterocycles. The summed E-state index contributed by atoms with van der Waals surface area (Å²) in [6.07, 6.45) is 0.585. The average molecular weight is 169 g/mol. The van der Waals surface area contributed by atoms with Gasteiger partial charge in [-0.25, -0.2) is 0 Å². The molecule has 0 spiro atoms. The summed E-state index contributed by atoms with van der Waals surface area (Å²) in [5.74, 6) is -0.227. The third-order valence-electron chi connectivity index (χ3n) is 1.79. The van der Waals surface area contributed by atoms with Crippen LogP contribution in [0.2, 0.25) is 0 Å². The molecule has 1 radical (unpaired) electrons. The molecule has 0 saturated carbocycles. The van der Waals surface area contributed by atoms with Gasteiger partial charge in [-0.2, -0.15) is 0 Å². The lowest BCUT2D eigenvalue weighted by molar-refractivity contribution is -0.150. The number of piperazine rings is 1. The quantitative estimate of drug-likeness (QED) is 0.524. The van der Waals surface area contributed by atoms with Crippen molar-refractivity contribution in [3.8, 4) is 0 Å². The van der Waals surface area contributed by atoms with Crippen LogP contribution in [0.3, 0.4) is 0 Å². The second kappa shape index (κ2) is 3.67. The van der Waals surface area contributed by atoms with Gasteiger partial charge in [0.05, 0.1) is 13.1 Å². The van der Waals surface area contributed by atoms with Crippen LogP contribution in [0.4, 0.5) is 0 Å². The van der Waals surface area contributed by atoms with Crippen molar-refractivity contribution in [2.24, 2.45) is 0 Å². The number of carbonyl (C=O) groups is 2. The number of rotatable bonds is 2. The van der Waals surface area contributed by atoms with Crippen LogP contribution in [0.15, 0.2) is 0 Å². The van der Waals surface area contributed by atoms with Crippen LogP contribution in [0.5, 0.6) is 0 Å². The maximum Gasteiger partial charge on any atom is 0.243 e. The number of carbonyl (C=O) groups excluding carboxylic acids is 2.